The second-order valence-electron chi connectivity index (χ2n) is 11.5. The number of anilines is 2. The van der Waals surface area contributed by atoms with Crippen LogP contribution in [0.15, 0.2) is 47.5 Å². The first kappa shape index (κ1) is 26.5. The maximum atomic E-state index is 12.7. The van der Waals surface area contributed by atoms with Gasteiger partial charge in [0.2, 0.25) is 5.88 Å². The van der Waals surface area contributed by atoms with Crippen LogP contribution in [0.2, 0.25) is 0 Å². The van der Waals surface area contributed by atoms with Gasteiger partial charge in [-0.3, -0.25) is 4.79 Å². The van der Waals surface area contributed by atoms with Crippen LogP contribution < -0.4 is 14.5 Å². The van der Waals surface area contributed by atoms with E-state index in [0.717, 1.165) is 63.6 Å². The summed E-state index contributed by atoms with van der Waals surface area (Å²) in [7, 11) is -3.29. The molecular formula is C29H38N4O5S. The molecule has 1 amide bonds. The Bertz CT molecular complexity index is 1260. The van der Waals surface area contributed by atoms with E-state index in [-0.39, 0.29) is 23.5 Å². The van der Waals surface area contributed by atoms with Crippen LogP contribution >= 0.6 is 0 Å². The number of pyridine rings is 1. The van der Waals surface area contributed by atoms with E-state index in [4.69, 9.17) is 9.47 Å². The fraction of sp³-hybridized carbons (Fsp3) is 0.586. The lowest BCUT2D eigenvalue weighted by molar-refractivity contribution is -0.141. The first-order chi connectivity index (χ1) is 18.8. The van der Waals surface area contributed by atoms with Crippen LogP contribution in [0, 0.1) is 0 Å². The third-order valence-electron chi connectivity index (χ3n) is 8.94. The third kappa shape index (κ3) is 5.78. The average molecular weight is 555 g/mol. The minimum atomic E-state index is -3.29. The van der Waals surface area contributed by atoms with Gasteiger partial charge < -0.3 is 24.2 Å². The molecule has 4 aliphatic rings. The molecule has 1 aliphatic carbocycles. The number of hydrogen-bond donors (Lipinski definition) is 0. The molecule has 3 aliphatic heterocycles. The van der Waals surface area contributed by atoms with E-state index >= 15 is 0 Å². The summed E-state index contributed by atoms with van der Waals surface area (Å²) in [6.45, 7) is 4.34. The van der Waals surface area contributed by atoms with Crippen LogP contribution in [0.25, 0.3) is 0 Å². The second-order valence-corrected chi connectivity index (χ2v) is 13.5. The molecule has 1 spiro atoms. The summed E-state index contributed by atoms with van der Waals surface area (Å²) >= 11 is 0. The molecule has 0 unspecified atom stereocenters. The summed E-state index contributed by atoms with van der Waals surface area (Å²) in [6.07, 6.45) is 11.1. The van der Waals surface area contributed by atoms with E-state index < -0.39 is 15.4 Å². The van der Waals surface area contributed by atoms with Crippen LogP contribution in [-0.4, -0.2) is 87.5 Å². The van der Waals surface area contributed by atoms with Gasteiger partial charge in [0.25, 0.3) is 5.91 Å². The van der Waals surface area contributed by atoms with Gasteiger partial charge >= 0.3 is 0 Å². The highest BCUT2D eigenvalue weighted by atomic mass is 32.2. The van der Waals surface area contributed by atoms with Crippen LogP contribution in [0.3, 0.4) is 0 Å². The van der Waals surface area contributed by atoms with Crippen molar-refractivity contribution in [1.29, 1.82) is 0 Å². The molecule has 1 aromatic carbocycles. The molecule has 1 saturated carbocycles. The Hall–Kier alpha value is -2.69. The zero-order valence-electron chi connectivity index (χ0n) is 22.6. The van der Waals surface area contributed by atoms with Gasteiger partial charge in [0.15, 0.2) is 9.84 Å². The van der Waals surface area contributed by atoms with Gasteiger partial charge in [-0.15, -0.1) is 0 Å². The number of carbonyl (C=O) groups excluding carboxylic acids is 1. The van der Waals surface area contributed by atoms with Gasteiger partial charge in [-0.05, 0) is 68.9 Å². The van der Waals surface area contributed by atoms with Crippen molar-refractivity contribution in [2.45, 2.75) is 67.6 Å². The highest BCUT2D eigenvalue weighted by Gasteiger charge is 2.43. The van der Waals surface area contributed by atoms with Gasteiger partial charge in [0.05, 0.1) is 28.9 Å². The highest BCUT2D eigenvalue weighted by molar-refractivity contribution is 7.90. The summed E-state index contributed by atoms with van der Waals surface area (Å²) in [6, 6.07) is 11.4. The van der Waals surface area contributed by atoms with Gasteiger partial charge in [0.1, 0.15) is 12.7 Å². The van der Waals surface area contributed by atoms with Crippen molar-refractivity contribution in [3.8, 4) is 5.88 Å². The number of benzene rings is 1. The van der Waals surface area contributed by atoms with Crippen LogP contribution in [0.4, 0.5) is 11.4 Å². The Morgan fingerprint density at radius 2 is 1.64 bits per heavy atom. The predicted octanol–water partition coefficient (Wildman–Crippen LogP) is 3.28. The lowest BCUT2D eigenvalue weighted by Gasteiger charge is -2.47. The molecule has 10 heteroatoms. The number of amides is 1. The number of rotatable bonds is 6. The quantitative estimate of drug-likeness (QED) is 0.537. The van der Waals surface area contributed by atoms with E-state index in [9.17, 15) is 13.2 Å². The zero-order chi connectivity index (χ0) is 27.0. The summed E-state index contributed by atoms with van der Waals surface area (Å²) in [4.78, 5) is 24.2. The second kappa shape index (κ2) is 10.7. The summed E-state index contributed by atoms with van der Waals surface area (Å²) < 4.78 is 35.9. The van der Waals surface area contributed by atoms with Crippen molar-refractivity contribution in [1.82, 2.24) is 9.88 Å². The normalized spacial score (nSPS) is 23.2. The summed E-state index contributed by atoms with van der Waals surface area (Å²) in [5.41, 5.74) is 1.35. The molecule has 0 radical (unpaired) electrons. The number of nitrogens with zero attached hydrogens (tertiary/aromatic N) is 4. The van der Waals surface area contributed by atoms with Crippen molar-refractivity contribution < 1.29 is 22.7 Å². The molecule has 0 N–H and O–H groups in total. The Kier molecular flexibility index (Phi) is 7.28. The van der Waals surface area contributed by atoms with E-state index in [0.29, 0.717) is 18.1 Å². The number of carbonyl (C=O) groups is 1. The number of likely N-dealkylation sites (tertiary alicyclic amines) is 1. The van der Waals surface area contributed by atoms with Crippen molar-refractivity contribution in [2.75, 3.05) is 55.4 Å². The molecule has 0 atom stereocenters. The largest absolute Gasteiger partial charge is 0.474 e. The van der Waals surface area contributed by atoms with Crippen LogP contribution in [0.5, 0.6) is 5.88 Å². The van der Waals surface area contributed by atoms with Gasteiger partial charge in [-0.25, -0.2) is 13.4 Å². The standard InChI is InChI=1S/C29H38N4O5S/c1-39(35,36)26-8-5-23(6-9-26)33-21-29(37-20-28(33)34)13-17-32(18-14-29)24-7-10-27(30-19-24)38-25-11-15-31(16-12-25)22-3-2-4-22/h5-10,19,22,25H,2-4,11-18,20-21H2,1H3. The molecule has 1 aromatic heterocycles. The van der Waals surface area contributed by atoms with Crippen LogP contribution in [0.1, 0.15) is 44.9 Å². The van der Waals surface area contributed by atoms with E-state index in [1.165, 1.54) is 25.5 Å². The van der Waals surface area contributed by atoms with E-state index in [1.807, 2.05) is 12.3 Å². The lowest BCUT2D eigenvalue weighted by Crippen LogP contribution is -2.59. The van der Waals surface area contributed by atoms with Crippen molar-refractivity contribution in [2.24, 2.45) is 0 Å². The molecule has 4 heterocycles. The van der Waals surface area contributed by atoms with Crippen molar-refractivity contribution >= 4 is 27.1 Å². The molecule has 0 bridgehead atoms. The lowest BCUT2D eigenvalue weighted by atomic mass is 9.89. The highest BCUT2D eigenvalue weighted by Crippen LogP contribution is 2.35. The van der Waals surface area contributed by atoms with Crippen LogP contribution in [-0.2, 0) is 19.4 Å². The Labute approximate surface area is 231 Å². The number of aromatic nitrogens is 1. The van der Waals surface area contributed by atoms with Gasteiger partial charge in [-0.1, -0.05) is 6.42 Å². The average Bonchev–Trinajstić information content (AvgIpc) is 2.91. The smallest absolute Gasteiger partial charge is 0.253 e. The third-order valence-corrected chi connectivity index (χ3v) is 10.1. The summed E-state index contributed by atoms with van der Waals surface area (Å²) in [5.74, 6) is 0.588. The monoisotopic (exact) mass is 554 g/mol. The fourth-order valence-electron chi connectivity index (χ4n) is 6.21. The molecule has 3 saturated heterocycles. The maximum absolute atomic E-state index is 12.7. The van der Waals surface area contributed by atoms with Crippen molar-refractivity contribution in [3.63, 3.8) is 0 Å². The topological polar surface area (TPSA) is 92.3 Å². The minimum absolute atomic E-state index is 0.0288. The number of ether oxygens (including phenoxy) is 2. The van der Waals surface area contributed by atoms with E-state index in [1.54, 1.807) is 29.2 Å². The molecule has 9 nitrogen and oxygen atoms in total. The molecule has 39 heavy (non-hydrogen) atoms. The molecule has 2 aromatic rings. The van der Waals surface area contributed by atoms with E-state index in [2.05, 4.69) is 20.9 Å². The molecule has 210 valence electrons. The predicted molar refractivity (Wildman–Crippen MR) is 149 cm³/mol. The first-order valence-corrected chi connectivity index (χ1v) is 16.0. The molecular weight excluding hydrogens is 516 g/mol. The Morgan fingerprint density at radius 3 is 2.23 bits per heavy atom. The number of morpholine rings is 1. The van der Waals surface area contributed by atoms with Crippen molar-refractivity contribution in [3.05, 3.63) is 42.6 Å². The number of piperidine rings is 2. The minimum Gasteiger partial charge on any atom is -0.474 e. The molecule has 6 rings (SSSR count). The Balaban J connectivity index is 1.02. The summed E-state index contributed by atoms with van der Waals surface area (Å²) in [5, 5.41) is 0. The zero-order valence-corrected chi connectivity index (χ0v) is 23.4. The number of sulfone groups is 1. The number of hydrogen-bond acceptors (Lipinski definition) is 8. The van der Waals surface area contributed by atoms with Gasteiger partial charge in [0, 0.05) is 50.2 Å². The fourth-order valence-corrected chi connectivity index (χ4v) is 6.84. The molecule has 4 fully saturated rings. The first-order valence-electron chi connectivity index (χ1n) is 14.1. The van der Waals surface area contributed by atoms with Gasteiger partial charge in [-0.2, -0.15) is 0 Å². The maximum Gasteiger partial charge on any atom is 0.253 e. The SMILES string of the molecule is CS(=O)(=O)c1ccc(N2CC3(CCN(c4ccc(OC5CCN(C6CCC6)CC5)nc4)CC3)OCC2=O)cc1. The Morgan fingerprint density at radius 1 is 0.949 bits per heavy atom.